The predicted octanol–water partition coefficient (Wildman–Crippen LogP) is 21.6. The number of piperazine rings is 6. The molecule has 26 nitrogen and oxygen atoms in total. The lowest BCUT2D eigenvalue weighted by molar-refractivity contribution is 0.0197. The molecule has 0 aromatic carbocycles. The fourth-order valence-electron chi connectivity index (χ4n) is 16.7. The number of ether oxygens (including phenoxy) is 2. The van der Waals surface area contributed by atoms with E-state index in [4.69, 9.17) is 96.4 Å². The summed E-state index contributed by atoms with van der Waals surface area (Å²) in [7, 11) is 0. The van der Waals surface area contributed by atoms with Gasteiger partial charge in [-0.2, -0.15) is 4.39 Å². The Morgan fingerprint density at radius 3 is 1.05 bits per heavy atom. The zero-order chi connectivity index (χ0) is 99.7. The van der Waals surface area contributed by atoms with Crippen LogP contribution in [0.15, 0.2) is 110 Å². The van der Waals surface area contributed by atoms with Crippen LogP contribution in [0.3, 0.4) is 0 Å². The summed E-state index contributed by atoms with van der Waals surface area (Å²) in [6.07, 6.45) is 19.1. The summed E-state index contributed by atoms with van der Waals surface area (Å²) in [5.41, 5.74) is 6.67. The van der Waals surface area contributed by atoms with Crippen molar-refractivity contribution in [3.05, 3.63) is 160 Å². The number of rotatable bonds is 10. The van der Waals surface area contributed by atoms with E-state index in [9.17, 15) is 14.0 Å². The Kier molecular flexibility index (Phi) is 48.7. The molecule has 8 aliphatic heterocycles. The van der Waals surface area contributed by atoms with Gasteiger partial charge >= 0.3 is 12.2 Å². The van der Waals surface area contributed by atoms with Gasteiger partial charge in [-0.3, -0.25) is 19.6 Å². The smallest absolute Gasteiger partial charge is 0.410 e. The normalized spacial score (nSPS) is 21.5. The lowest BCUT2D eigenvalue weighted by atomic mass is 10.0. The number of nitrogens with zero attached hydrogens (tertiary/aromatic N) is 19. The summed E-state index contributed by atoms with van der Waals surface area (Å²) in [6, 6.07) is 26.6. The first-order valence-corrected chi connectivity index (χ1v) is 51.8. The molecule has 8 atom stereocenters. The van der Waals surface area contributed by atoms with Gasteiger partial charge < -0.3 is 65.0 Å². The molecule has 4 N–H and O–H groups in total. The van der Waals surface area contributed by atoms with Crippen molar-refractivity contribution in [2.45, 2.75) is 281 Å². The summed E-state index contributed by atoms with van der Waals surface area (Å²) in [5.74, 6) is 5.48. The molecule has 2 amide bonds. The third-order valence-electron chi connectivity index (χ3n) is 24.5. The predicted molar refractivity (Wildman–Crippen MR) is 572 cm³/mol. The highest BCUT2D eigenvalue weighted by Gasteiger charge is 2.34. The van der Waals surface area contributed by atoms with E-state index >= 15 is 0 Å². The zero-order valence-electron chi connectivity index (χ0n) is 84.3. The highest BCUT2D eigenvalue weighted by atomic mass is 127. The van der Waals surface area contributed by atoms with Gasteiger partial charge in [0.2, 0.25) is 5.95 Å². The first-order chi connectivity index (χ1) is 63.6. The topological polar surface area (TPSA) is 232 Å². The number of amides is 2. The minimum Gasteiger partial charge on any atom is -0.444 e. The Labute approximate surface area is 856 Å². The second-order valence-electron chi connectivity index (χ2n) is 39.3. The molecule has 135 heavy (non-hydrogen) atoms. The summed E-state index contributed by atoms with van der Waals surface area (Å²) in [4.78, 5) is 80.9. The van der Waals surface area contributed by atoms with Crippen LogP contribution in [0.5, 0.6) is 0 Å². The lowest BCUT2D eigenvalue weighted by Crippen LogP contribution is -2.54. The van der Waals surface area contributed by atoms with E-state index in [0.29, 0.717) is 104 Å². The second-order valence-corrected chi connectivity index (χ2v) is 43.4. The van der Waals surface area contributed by atoms with E-state index in [1.54, 1.807) is 47.0 Å². The van der Waals surface area contributed by atoms with Crippen molar-refractivity contribution in [3.8, 4) is 0 Å². The molecule has 8 aliphatic rings. The van der Waals surface area contributed by atoms with E-state index < -0.39 is 17.1 Å². The number of hydrogen-bond donors (Lipinski definition) is 3. The van der Waals surface area contributed by atoms with Crippen molar-refractivity contribution in [2.75, 3.05) is 166 Å². The number of nitrogens with one attached hydrogen (secondary N) is 2. The molecule has 7 aromatic rings. The van der Waals surface area contributed by atoms with Gasteiger partial charge in [0.25, 0.3) is 0 Å². The minimum absolute atomic E-state index is 0.181. The number of pyridine rings is 7. The molecule has 0 spiro atoms. The first kappa shape index (κ1) is 116. The number of piperidine rings is 2. The molecule has 8 saturated heterocycles. The molecule has 0 unspecified atom stereocenters. The van der Waals surface area contributed by atoms with Crippen molar-refractivity contribution in [1.82, 2.24) is 74.9 Å². The first-order valence-electron chi connectivity index (χ1n) is 48.1. The van der Waals surface area contributed by atoms with Gasteiger partial charge in [-0.25, -0.2) is 44.5 Å². The molecular formula is C100H155Cl7FIN22O4. The highest BCUT2D eigenvalue weighted by Crippen LogP contribution is 2.32. The molecule has 35 heteroatoms. The van der Waals surface area contributed by atoms with Gasteiger partial charge in [0.15, 0.2) is 0 Å². The van der Waals surface area contributed by atoms with Crippen molar-refractivity contribution in [1.29, 1.82) is 0 Å². The largest absolute Gasteiger partial charge is 0.444 e. The van der Waals surface area contributed by atoms with Crippen molar-refractivity contribution >= 4 is 157 Å². The number of hydrogen-bond acceptors (Lipinski definition) is 24. The zero-order valence-corrected chi connectivity index (χ0v) is 91.8. The molecule has 0 radical (unpaired) electrons. The van der Waals surface area contributed by atoms with Crippen LogP contribution < -0.4 is 45.8 Å². The Bertz CT molecular complexity index is 4420. The molecular weight excluding hydrogens is 1970 g/mol. The molecule has 752 valence electrons. The average molecular weight is 2120 g/mol. The third-order valence-corrected chi connectivity index (χ3v) is 27.6. The summed E-state index contributed by atoms with van der Waals surface area (Å²) in [5, 5.41) is 11.1. The van der Waals surface area contributed by atoms with Crippen molar-refractivity contribution in [3.63, 3.8) is 0 Å². The Balaban J connectivity index is 0.000000210. The van der Waals surface area contributed by atoms with Crippen LogP contribution in [0.4, 0.5) is 54.6 Å². The molecule has 0 aliphatic carbocycles. The number of aryl methyl sites for hydroxylation is 1. The maximum Gasteiger partial charge on any atom is 0.410 e. The van der Waals surface area contributed by atoms with Gasteiger partial charge in [-0.1, -0.05) is 87.6 Å². The van der Waals surface area contributed by atoms with Crippen LogP contribution in [-0.4, -0.2) is 291 Å². The number of halogens is 9. The number of anilines is 7. The van der Waals surface area contributed by atoms with Gasteiger partial charge in [0, 0.05) is 250 Å². The van der Waals surface area contributed by atoms with Crippen molar-refractivity contribution in [2.24, 2.45) is 0 Å². The number of aromatic nitrogens is 7. The number of nitrogen functional groups attached to an aromatic ring is 1. The number of carbonyl (C=O) groups excluding carboxylic acids is 2. The van der Waals surface area contributed by atoms with Crippen molar-refractivity contribution < 1.29 is 23.5 Å². The fraction of sp³-hybridized carbons (Fsp3) is 0.630. The van der Waals surface area contributed by atoms with E-state index in [1.807, 2.05) is 90.9 Å². The molecule has 7 aromatic heterocycles. The van der Waals surface area contributed by atoms with Crippen LogP contribution in [0.25, 0.3) is 0 Å². The van der Waals surface area contributed by atoms with Gasteiger partial charge in [-0.15, -0.1) is 0 Å². The molecule has 0 bridgehead atoms. The molecule has 0 saturated carbocycles. The van der Waals surface area contributed by atoms with Crippen LogP contribution in [0, 0.1) is 16.4 Å². The SMILES string of the molecule is CC(C)N1CCN(c2cc(I)c(Cl)cn2)[C@@H](C)C1.CC(C)N1CCN(c2cc(N)c(Cl)cn2)[C@@H](C)C1.CC(C)N1CCN(c2ccc(Cl)cn2)[C@@H](C)C1.C[C@H]1CCCCN1.C[C@H]1CCCCN1c1ccc(Cl)cn1.C[C@H]1CN(C(=O)OC(C)(C)C)CCN1.C[C@H]1CN(C(=O)OC(C)(C)C)CCN1c1ccc(Cl)cn1.Cc1cc(N2CCN(C(C)C)C[C@@H]2C)ncc1Cl.Fc1ccc(Cl)cn1. The average Bonchev–Trinajstić information content (AvgIpc) is 0.795. The van der Waals surface area contributed by atoms with Crippen LogP contribution in [0.1, 0.15) is 196 Å². The Morgan fingerprint density at radius 2 is 0.733 bits per heavy atom. The number of carbonyl (C=O) groups is 2. The molecule has 15 rings (SSSR count). The van der Waals surface area contributed by atoms with Gasteiger partial charge in [0.1, 0.15) is 46.1 Å². The quantitative estimate of drug-likeness (QED) is 0.0853. The van der Waals surface area contributed by atoms with E-state index in [1.165, 1.54) is 63.4 Å². The van der Waals surface area contributed by atoms with Gasteiger partial charge in [-0.05, 0) is 287 Å². The van der Waals surface area contributed by atoms with E-state index in [-0.39, 0.29) is 18.2 Å². The maximum absolute atomic E-state index is 12.1. The Hall–Kier alpha value is -6.36. The lowest BCUT2D eigenvalue weighted by Gasteiger charge is -2.42. The van der Waals surface area contributed by atoms with E-state index in [0.717, 1.165) is 171 Å². The van der Waals surface area contributed by atoms with Gasteiger partial charge in [0.05, 0.1) is 40.8 Å². The van der Waals surface area contributed by atoms with Crippen LogP contribution in [-0.2, 0) is 9.47 Å². The number of nitrogens with two attached hydrogens (primary N) is 1. The standard InChI is InChI=1S/C15H22ClN3O2.C14H22ClN3.C13H19ClIN3.C13H21ClN4.C13H20ClN3.C11H15ClN2.C10H20N2O2.C6H13N.C5H3ClFN/c1-11-10-18(14(20)21-15(2,3)4)7-8-19(11)13-6-5-12(16)9-17-13;1-10(2)17-5-6-18(12(4)9-17)14-7-11(3)13(15)8-16-14;2*1-9(2)17-4-5-18(10(3)8-17)13-6-12(15)11(14)7-16-13;1-10(2)16-6-7-17(11(3)9-16)13-5-4-12(14)8-15-13;1-9-4-2-3-7-14(9)11-6-5-10(12)8-13-11;1-8-7-12(6-5-11-8)9(13)14-10(2,3)4;1-6-4-2-3-5-7-6;6-4-1-2-5(7)8-3-4/h5-6,9,11H,7-8,10H2,1-4H3;7-8,10,12H,5-6,9H2,1-4H3;6-7,9-10H,4-5,8H2,1-3H3;6-7,9-10H,4-5,8H2,1-3H3,(H2,15,16);4-5,8,10-11H,6-7,9H2,1-3H3;5-6,8-9H,2-4,7H2,1H3;8,11H,5-7H2,1-4H3;6-7H,2-5H2,1H3;1-3H/t11-;12-;2*10-;11-;9-;8-;6-;/m00000000./s1. The summed E-state index contributed by atoms with van der Waals surface area (Å²) >= 11 is 43.1. The summed E-state index contributed by atoms with van der Waals surface area (Å²) < 4.78 is 23.7. The Morgan fingerprint density at radius 1 is 0.385 bits per heavy atom. The van der Waals surface area contributed by atoms with Crippen LogP contribution in [0.2, 0.25) is 35.2 Å². The summed E-state index contributed by atoms with van der Waals surface area (Å²) in [6.45, 7) is 68.4. The fourth-order valence-corrected chi connectivity index (χ4v) is 17.8. The van der Waals surface area contributed by atoms with E-state index in [2.05, 4.69) is 240 Å². The molecule has 15 heterocycles. The minimum atomic E-state index is -0.505. The highest BCUT2D eigenvalue weighted by molar-refractivity contribution is 14.1. The second kappa shape index (κ2) is 56.9. The van der Waals surface area contributed by atoms with Crippen LogP contribution >= 0.6 is 104 Å². The monoisotopic (exact) mass is 2120 g/mol. The maximum atomic E-state index is 12.1. The third kappa shape index (κ3) is 39.9. The molecule has 8 fully saturated rings.